The second-order valence-corrected chi connectivity index (χ2v) is 18.2. The molecule has 0 fully saturated rings. The lowest BCUT2D eigenvalue weighted by Gasteiger charge is -2.24. The SMILES string of the molecule is CCCCC/C=C/C/C=C/C/C=C/CCCCC(=O)O[C@H](COC(=O)CCCCCCCCCCCCCCCCCCCC)COP(=O)(O)OCC[N+](C)(C)C. The highest BCUT2D eigenvalue weighted by Gasteiger charge is 2.27. The minimum atomic E-state index is -4.38. The van der Waals surface area contributed by atoms with Gasteiger partial charge in [0.2, 0.25) is 0 Å². The van der Waals surface area contributed by atoms with Crippen LogP contribution in [0.15, 0.2) is 36.5 Å². The third-order valence-corrected chi connectivity index (χ3v) is 10.9. The van der Waals surface area contributed by atoms with Gasteiger partial charge in [-0.2, -0.15) is 0 Å². The van der Waals surface area contributed by atoms with E-state index in [0.717, 1.165) is 51.4 Å². The number of nitrogens with zero attached hydrogens (tertiary/aromatic N) is 1. The molecule has 0 heterocycles. The minimum Gasteiger partial charge on any atom is -0.462 e. The molecule has 9 nitrogen and oxygen atoms in total. The summed E-state index contributed by atoms with van der Waals surface area (Å²) < 4.78 is 34.3. The number of carbonyl (C=O) groups is 2. The second-order valence-electron chi connectivity index (χ2n) is 16.8. The van der Waals surface area contributed by atoms with Crippen molar-refractivity contribution in [3.05, 3.63) is 36.5 Å². The summed E-state index contributed by atoms with van der Waals surface area (Å²) in [5, 5.41) is 0. The van der Waals surface area contributed by atoms with Gasteiger partial charge in [0, 0.05) is 12.8 Å². The maximum atomic E-state index is 12.7. The summed E-state index contributed by atoms with van der Waals surface area (Å²) in [6.07, 6.45) is 44.8. The number of unbranched alkanes of at least 4 members (excludes halogenated alkanes) is 22. The summed E-state index contributed by atoms with van der Waals surface area (Å²) in [5.41, 5.74) is 0. The first-order valence-corrected chi connectivity index (χ1v) is 24.7. The molecular formula is C47H89NO8P+. The number of quaternary nitrogens is 1. The molecule has 334 valence electrons. The number of hydrogen-bond acceptors (Lipinski definition) is 7. The summed E-state index contributed by atoms with van der Waals surface area (Å²) in [4.78, 5) is 35.4. The number of ether oxygens (including phenoxy) is 2. The summed E-state index contributed by atoms with van der Waals surface area (Å²) in [6.45, 7) is 4.37. The van der Waals surface area contributed by atoms with Crippen molar-refractivity contribution in [2.75, 3.05) is 47.5 Å². The van der Waals surface area contributed by atoms with Crippen molar-refractivity contribution in [3.8, 4) is 0 Å². The van der Waals surface area contributed by atoms with Crippen LogP contribution in [0.3, 0.4) is 0 Å². The third-order valence-electron chi connectivity index (χ3n) is 9.92. The van der Waals surface area contributed by atoms with Gasteiger partial charge in [0.1, 0.15) is 19.8 Å². The number of esters is 2. The average Bonchev–Trinajstić information content (AvgIpc) is 3.16. The van der Waals surface area contributed by atoms with Crippen LogP contribution < -0.4 is 0 Å². The Morgan fingerprint density at radius 3 is 1.44 bits per heavy atom. The van der Waals surface area contributed by atoms with Gasteiger partial charge in [0.15, 0.2) is 6.10 Å². The molecular weight excluding hydrogens is 737 g/mol. The van der Waals surface area contributed by atoms with E-state index in [1.165, 1.54) is 116 Å². The fraction of sp³-hybridized carbons (Fsp3) is 0.830. The van der Waals surface area contributed by atoms with Crippen LogP contribution in [-0.4, -0.2) is 74.9 Å². The highest BCUT2D eigenvalue weighted by Crippen LogP contribution is 2.43. The third kappa shape index (κ3) is 43.6. The molecule has 0 bridgehead atoms. The summed E-state index contributed by atoms with van der Waals surface area (Å²) in [5.74, 6) is -0.837. The molecule has 0 saturated heterocycles. The summed E-state index contributed by atoms with van der Waals surface area (Å²) >= 11 is 0. The Morgan fingerprint density at radius 1 is 0.544 bits per heavy atom. The van der Waals surface area contributed by atoms with Crippen molar-refractivity contribution in [2.24, 2.45) is 0 Å². The molecule has 0 spiro atoms. The molecule has 1 N–H and O–H groups in total. The molecule has 57 heavy (non-hydrogen) atoms. The predicted molar refractivity (Wildman–Crippen MR) is 238 cm³/mol. The first kappa shape index (κ1) is 55.2. The fourth-order valence-electron chi connectivity index (χ4n) is 6.26. The van der Waals surface area contributed by atoms with E-state index in [1.54, 1.807) is 0 Å². The molecule has 0 aliphatic carbocycles. The number of rotatable bonds is 42. The van der Waals surface area contributed by atoms with E-state index in [9.17, 15) is 19.0 Å². The van der Waals surface area contributed by atoms with E-state index in [1.807, 2.05) is 21.1 Å². The quantitative estimate of drug-likeness (QED) is 0.0213. The number of hydrogen-bond donors (Lipinski definition) is 1. The van der Waals surface area contributed by atoms with Gasteiger partial charge in [-0.3, -0.25) is 18.6 Å². The molecule has 0 aromatic rings. The standard InChI is InChI=1S/C47H88NO8P/c1-6-8-10-12-14-16-18-20-22-23-24-26-27-29-31-33-35-37-39-46(49)53-43-45(44-55-57(51,52)54-42-41-48(3,4)5)56-47(50)40-38-36-34-32-30-28-25-21-19-17-15-13-11-9-7-2/h15,17,21,25,30,32,45H,6-14,16,18-20,22-24,26-29,31,33-44H2,1-5H3/p+1/b17-15+,25-21+,32-30+/t45-/m1/s1. The first-order chi connectivity index (χ1) is 27.5. The molecule has 0 amide bonds. The van der Waals surface area contributed by atoms with Gasteiger partial charge >= 0.3 is 19.8 Å². The lowest BCUT2D eigenvalue weighted by atomic mass is 10.0. The lowest BCUT2D eigenvalue weighted by molar-refractivity contribution is -0.870. The molecule has 1 unspecified atom stereocenters. The molecule has 0 saturated carbocycles. The Balaban J connectivity index is 4.35. The van der Waals surface area contributed by atoms with E-state index in [4.69, 9.17) is 18.5 Å². The van der Waals surface area contributed by atoms with Crippen LogP contribution in [0.1, 0.15) is 200 Å². The van der Waals surface area contributed by atoms with E-state index in [-0.39, 0.29) is 32.0 Å². The van der Waals surface area contributed by atoms with Crippen LogP contribution in [0, 0.1) is 0 Å². The predicted octanol–water partition coefficient (Wildman–Crippen LogP) is 13.3. The monoisotopic (exact) mass is 827 g/mol. The lowest BCUT2D eigenvalue weighted by Crippen LogP contribution is -2.37. The van der Waals surface area contributed by atoms with Crippen molar-refractivity contribution in [1.29, 1.82) is 0 Å². The van der Waals surface area contributed by atoms with Crippen LogP contribution in [0.25, 0.3) is 0 Å². The van der Waals surface area contributed by atoms with Gasteiger partial charge in [-0.1, -0.05) is 172 Å². The summed E-state index contributed by atoms with van der Waals surface area (Å²) in [6, 6.07) is 0. The van der Waals surface area contributed by atoms with Crippen LogP contribution in [0.2, 0.25) is 0 Å². The minimum absolute atomic E-state index is 0.0252. The second kappa shape index (κ2) is 39.7. The number of likely N-dealkylation sites (N-methyl/N-ethyl adjacent to an activating group) is 1. The van der Waals surface area contributed by atoms with Crippen LogP contribution in [-0.2, 0) is 32.7 Å². The molecule has 0 aromatic carbocycles. The first-order valence-electron chi connectivity index (χ1n) is 23.2. The Bertz CT molecular complexity index is 1070. The van der Waals surface area contributed by atoms with E-state index in [0.29, 0.717) is 17.4 Å². The van der Waals surface area contributed by atoms with Crippen molar-refractivity contribution in [3.63, 3.8) is 0 Å². The topological polar surface area (TPSA) is 108 Å². The molecule has 0 rings (SSSR count). The van der Waals surface area contributed by atoms with E-state index < -0.39 is 26.5 Å². The Hall–Kier alpha value is -1.77. The number of phosphoric ester groups is 1. The summed E-state index contributed by atoms with van der Waals surface area (Å²) in [7, 11) is 1.45. The Morgan fingerprint density at radius 2 is 0.947 bits per heavy atom. The van der Waals surface area contributed by atoms with Crippen LogP contribution in [0.4, 0.5) is 0 Å². The van der Waals surface area contributed by atoms with Crippen LogP contribution >= 0.6 is 7.82 Å². The van der Waals surface area contributed by atoms with Gasteiger partial charge in [0.25, 0.3) is 0 Å². The van der Waals surface area contributed by atoms with Crippen molar-refractivity contribution in [1.82, 2.24) is 0 Å². The normalized spacial score (nSPS) is 13.9. The molecule has 0 aliphatic rings. The zero-order valence-corrected chi connectivity index (χ0v) is 38.5. The fourth-order valence-corrected chi connectivity index (χ4v) is 7.00. The Labute approximate surface area is 351 Å². The average molecular weight is 827 g/mol. The van der Waals surface area contributed by atoms with Gasteiger partial charge in [-0.25, -0.2) is 4.57 Å². The van der Waals surface area contributed by atoms with Crippen molar-refractivity contribution in [2.45, 2.75) is 206 Å². The largest absolute Gasteiger partial charge is 0.472 e. The van der Waals surface area contributed by atoms with Crippen molar-refractivity contribution >= 4 is 19.8 Å². The molecule has 0 radical (unpaired) electrons. The molecule has 2 atom stereocenters. The zero-order chi connectivity index (χ0) is 42.1. The number of allylic oxidation sites excluding steroid dienone is 6. The number of phosphoric acid groups is 1. The molecule has 10 heteroatoms. The zero-order valence-electron chi connectivity index (χ0n) is 37.6. The smallest absolute Gasteiger partial charge is 0.462 e. The van der Waals surface area contributed by atoms with Gasteiger partial charge < -0.3 is 18.9 Å². The van der Waals surface area contributed by atoms with Gasteiger partial charge in [-0.15, -0.1) is 0 Å². The van der Waals surface area contributed by atoms with Crippen LogP contribution in [0.5, 0.6) is 0 Å². The number of carbonyl (C=O) groups excluding carboxylic acids is 2. The molecule has 0 aromatic heterocycles. The Kier molecular flexibility index (Phi) is 38.4. The maximum absolute atomic E-state index is 12.7. The van der Waals surface area contributed by atoms with Gasteiger partial charge in [-0.05, 0) is 51.4 Å². The van der Waals surface area contributed by atoms with Gasteiger partial charge in [0.05, 0.1) is 27.7 Å². The highest BCUT2D eigenvalue weighted by molar-refractivity contribution is 7.47. The van der Waals surface area contributed by atoms with E-state index >= 15 is 0 Å². The highest BCUT2D eigenvalue weighted by atomic mass is 31.2. The van der Waals surface area contributed by atoms with Crippen molar-refractivity contribution < 1.29 is 42.1 Å². The maximum Gasteiger partial charge on any atom is 0.472 e. The molecule has 0 aliphatic heterocycles. The van der Waals surface area contributed by atoms with E-state index in [2.05, 4.69) is 50.3 Å².